The number of carbonyl (C=O) groups is 1. The fraction of sp³-hybridized carbons (Fsp3) is 0.188. The van der Waals surface area contributed by atoms with Gasteiger partial charge in [-0.15, -0.1) is 0 Å². The highest BCUT2D eigenvalue weighted by atomic mass is 35.5. The predicted octanol–water partition coefficient (Wildman–Crippen LogP) is 3.45. The van der Waals surface area contributed by atoms with Crippen LogP contribution >= 0.6 is 11.6 Å². The molecule has 0 aliphatic heterocycles. The maximum absolute atomic E-state index is 12.2. The first-order chi connectivity index (χ1) is 9.87. The van der Waals surface area contributed by atoms with E-state index in [4.69, 9.17) is 11.6 Å². The third-order valence-corrected chi connectivity index (χ3v) is 4.82. The van der Waals surface area contributed by atoms with Crippen LogP contribution in [0.15, 0.2) is 48.5 Å². The molecule has 2 aromatic carbocycles. The minimum atomic E-state index is -3.51. The molecular formula is C16H15ClO3S. The first kappa shape index (κ1) is 15.7. The molecule has 2 aromatic rings. The lowest BCUT2D eigenvalue weighted by Crippen LogP contribution is -2.18. The van der Waals surface area contributed by atoms with E-state index in [1.807, 2.05) is 19.1 Å². The molecule has 0 aliphatic rings. The lowest BCUT2D eigenvalue weighted by molar-refractivity contribution is 0.102. The van der Waals surface area contributed by atoms with E-state index in [1.165, 1.54) is 6.07 Å². The lowest BCUT2D eigenvalue weighted by Gasteiger charge is -2.07. The van der Waals surface area contributed by atoms with Gasteiger partial charge in [0, 0.05) is 10.6 Å². The van der Waals surface area contributed by atoms with Crippen molar-refractivity contribution in [2.75, 3.05) is 5.75 Å². The van der Waals surface area contributed by atoms with Crippen LogP contribution in [-0.4, -0.2) is 20.0 Å². The van der Waals surface area contributed by atoms with Gasteiger partial charge in [-0.25, -0.2) is 8.42 Å². The van der Waals surface area contributed by atoms with E-state index in [0.717, 1.165) is 11.1 Å². The van der Waals surface area contributed by atoms with Crippen molar-refractivity contribution in [3.63, 3.8) is 0 Å². The second-order valence-electron chi connectivity index (χ2n) is 4.89. The summed E-state index contributed by atoms with van der Waals surface area (Å²) < 4.78 is 24.3. The first-order valence-electron chi connectivity index (χ1n) is 6.41. The van der Waals surface area contributed by atoms with E-state index in [9.17, 15) is 13.2 Å². The van der Waals surface area contributed by atoms with Crippen LogP contribution in [0.4, 0.5) is 0 Å². The zero-order chi connectivity index (χ0) is 15.5. The number of hydrogen-bond acceptors (Lipinski definition) is 3. The standard InChI is InChI=1S/C16H15ClO3S/c1-12-5-2-3-6-14(12)10-21(19,20)11-16(18)13-7-4-8-15(17)9-13/h2-9H,10-11H2,1H3. The molecular weight excluding hydrogens is 308 g/mol. The van der Waals surface area contributed by atoms with Gasteiger partial charge in [-0.1, -0.05) is 48.0 Å². The van der Waals surface area contributed by atoms with Gasteiger partial charge in [0.05, 0.1) is 5.75 Å². The van der Waals surface area contributed by atoms with Gasteiger partial charge in [0.1, 0.15) is 5.75 Å². The number of hydrogen-bond donors (Lipinski definition) is 0. The molecule has 0 spiro atoms. The van der Waals surface area contributed by atoms with Crippen molar-refractivity contribution < 1.29 is 13.2 Å². The fourth-order valence-electron chi connectivity index (χ4n) is 2.00. The van der Waals surface area contributed by atoms with Crippen molar-refractivity contribution in [1.29, 1.82) is 0 Å². The SMILES string of the molecule is Cc1ccccc1CS(=O)(=O)CC(=O)c1cccc(Cl)c1. The predicted molar refractivity (Wildman–Crippen MR) is 84.5 cm³/mol. The van der Waals surface area contributed by atoms with Crippen molar-refractivity contribution in [1.82, 2.24) is 0 Å². The zero-order valence-corrected chi connectivity index (χ0v) is 13.1. The summed E-state index contributed by atoms with van der Waals surface area (Å²) in [6.07, 6.45) is 0. The Balaban J connectivity index is 2.15. The van der Waals surface area contributed by atoms with Gasteiger partial charge in [0.2, 0.25) is 0 Å². The van der Waals surface area contributed by atoms with Crippen molar-refractivity contribution in [3.8, 4) is 0 Å². The van der Waals surface area contributed by atoms with Crippen molar-refractivity contribution >= 4 is 27.2 Å². The van der Waals surface area contributed by atoms with Gasteiger partial charge in [-0.2, -0.15) is 0 Å². The Labute approximate surface area is 129 Å². The molecule has 21 heavy (non-hydrogen) atoms. The summed E-state index contributed by atoms with van der Waals surface area (Å²) in [5, 5.41) is 0.414. The number of Topliss-reactive ketones (excluding diaryl/α,β-unsaturated/α-hetero) is 1. The van der Waals surface area contributed by atoms with Crippen LogP contribution in [0.1, 0.15) is 21.5 Å². The average Bonchev–Trinajstić information content (AvgIpc) is 2.40. The van der Waals surface area contributed by atoms with E-state index in [0.29, 0.717) is 10.6 Å². The first-order valence-corrected chi connectivity index (χ1v) is 8.61. The summed E-state index contributed by atoms with van der Waals surface area (Å²) in [7, 11) is -3.51. The fourth-order valence-corrected chi connectivity index (χ4v) is 3.66. The number of sulfone groups is 1. The van der Waals surface area contributed by atoms with E-state index in [1.54, 1.807) is 30.3 Å². The lowest BCUT2D eigenvalue weighted by atomic mass is 10.1. The Morgan fingerprint density at radius 3 is 2.48 bits per heavy atom. The topological polar surface area (TPSA) is 51.2 Å². The highest BCUT2D eigenvalue weighted by Gasteiger charge is 2.19. The molecule has 0 unspecified atom stereocenters. The van der Waals surface area contributed by atoms with Gasteiger partial charge >= 0.3 is 0 Å². The number of ketones is 1. The summed E-state index contributed by atoms with van der Waals surface area (Å²) in [6.45, 7) is 1.85. The second kappa shape index (κ2) is 6.41. The van der Waals surface area contributed by atoms with Gasteiger partial charge in [-0.3, -0.25) is 4.79 Å². The van der Waals surface area contributed by atoms with Crippen LogP contribution in [0.2, 0.25) is 5.02 Å². The number of halogens is 1. The van der Waals surface area contributed by atoms with Crippen LogP contribution in [0.25, 0.3) is 0 Å². The van der Waals surface area contributed by atoms with Crippen LogP contribution in [-0.2, 0) is 15.6 Å². The molecule has 0 atom stereocenters. The molecule has 0 aliphatic carbocycles. The molecule has 0 saturated carbocycles. The van der Waals surface area contributed by atoms with E-state index >= 15 is 0 Å². The van der Waals surface area contributed by atoms with E-state index in [2.05, 4.69) is 0 Å². The number of benzene rings is 2. The van der Waals surface area contributed by atoms with Gasteiger partial charge in [-0.05, 0) is 30.2 Å². The minimum Gasteiger partial charge on any atom is -0.293 e. The molecule has 0 amide bonds. The molecule has 0 N–H and O–H groups in total. The van der Waals surface area contributed by atoms with Crippen molar-refractivity contribution in [2.24, 2.45) is 0 Å². The summed E-state index contributed by atoms with van der Waals surface area (Å²) >= 11 is 5.81. The van der Waals surface area contributed by atoms with Crippen molar-refractivity contribution in [3.05, 3.63) is 70.2 Å². The highest BCUT2D eigenvalue weighted by Crippen LogP contribution is 2.15. The number of rotatable bonds is 5. The maximum atomic E-state index is 12.2. The van der Waals surface area contributed by atoms with Crippen LogP contribution < -0.4 is 0 Å². The largest absolute Gasteiger partial charge is 0.293 e. The Morgan fingerprint density at radius 1 is 1.10 bits per heavy atom. The average molecular weight is 323 g/mol. The molecule has 0 saturated heterocycles. The van der Waals surface area contributed by atoms with E-state index < -0.39 is 21.4 Å². The van der Waals surface area contributed by atoms with Gasteiger partial charge < -0.3 is 0 Å². The Bertz CT molecular complexity index is 767. The van der Waals surface area contributed by atoms with Gasteiger partial charge in [0.15, 0.2) is 15.6 Å². The Kier molecular flexibility index (Phi) is 4.80. The monoisotopic (exact) mass is 322 g/mol. The number of aryl methyl sites for hydroxylation is 1. The Hall–Kier alpha value is -1.65. The number of carbonyl (C=O) groups excluding carboxylic acids is 1. The zero-order valence-electron chi connectivity index (χ0n) is 11.5. The molecule has 110 valence electrons. The summed E-state index contributed by atoms with van der Waals surface area (Å²) in [6, 6.07) is 13.6. The van der Waals surface area contributed by atoms with E-state index in [-0.39, 0.29) is 5.75 Å². The molecule has 0 aromatic heterocycles. The third-order valence-electron chi connectivity index (χ3n) is 3.13. The van der Waals surface area contributed by atoms with Crippen LogP contribution in [0.3, 0.4) is 0 Å². The second-order valence-corrected chi connectivity index (χ2v) is 7.39. The summed E-state index contributed by atoms with van der Waals surface area (Å²) in [4.78, 5) is 12.0. The molecule has 3 nitrogen and oxygen atoms in total. The minimum absolute atomic E-state index is 0.133. The Morgan fingerprint density at radius 2 is 1.81 bits per heavy atom. The molecule has 0 radical (unpaired) electrons. The summed E-state index contributed by atoms with van der Waals surface area (Å²) in [5.41, 5.74) is 1.93. The molecule has 5 heteroatoms. The van der Waals surface area contributed by atoms with Crippen LogP contribution in [0.5, 0.6) is 0 Å². The summed E-state index contributed by atoms with van der Waals surface area (Å²) in [5.74, 6) is -1.08. The molecule has 0 heterocycles. The molecule has 0 fully saturated rings. The maximum Gasteiger partial charge on any atom is 0.177 e. The quantitative estimate of drug-likeness (QED) is 0.792. The van der Waals surface area contributed by atoms with Crippen molar-refractivity contribution in [2.45, 2.75) is 12.7 Å². The third kappa shape index (κ3) is 4.41. The molecule has 2 rings (SSSR count). The smallest absolute Gasteiger partial charge is 0.177 e. The highest BCUT2D eigenvalue weighted by molar-refractivity contribution is 7.91. The normalized spacial score (nSPS) is 11.3. The van der Waals surface area contributed by atoms with Gasteiger partial charge in [0.25, 0.3) is 0 Å². The van der Waals surface area contributed by atoms with Crippen LogP contribution in [0, 0.1) is 6.92 Å². The molecule has 0 bridgehead atoms.